The molecule has 0 bridgehead atoms. The number of hydrogen-bond acceptors (Lipinski definition) is 5. The zero-order chi connectivity index (χ0) is 19.8. The molecule has 154 valence electrons. The number of fused-ring (bicyclic) bond motifs is 1. The Morgan fingerprint density at radius 1 is 1.14 bits per heavy atom. The number of ether oxygens (including phenoxy) is 3. The summed E-state index contributed by atoms with van der Waals surface area (Å²) in [6, 6.07) is 6.21. The van der Waals surface area contributed by atoms with E-state index in [1.807, 2.05) is 6.07 Å². The molecule has 2 fully saturated rings. The summed E-state index contributed by atoms with van der Waals surface area (Å²) in [5.41, 5.74) is 1.27. The predicted octanol–water partition coefficient (Wildman–Crippen LogP) is 2.70. The van der Waals surface area contributed by atoms with Crippen LogP contribution in [0.15, 0.2) is 18.2 Å². The number of morpholine rings is 1. The van der Waals surface area contributed by atoms with E-state index < -0.39 is 0 Å². The zero-order valence-electron chi connectivity index (χ0n) is 17.3. The molecule has 3 aliphatic heterocycles. The Morgan fingerprint density at radius 2 is 1.89 bits per heavy atom. The highest BCUT2D eigenvalue weighted by molar-refractivity contribution is 5.77. The molecule has 6 heteroatoms. The number of likely N-dealkylation sites (tertiary alicyclic amines) is 1. The van der Waals surface area contributed by atoms with Gasteiger partial charge in [0.05, 0.1) is 13.2 Å². The van der Waals surface area contributed by atoms with E-state index in [0.717, 1.165) is 63.7 Å². The van der Waals surface area contributed by atoms with Gasteiger partial charge in [0.25, 0.3) is 0 Å². The minimum absolute atomic E-state index is 0.0452. The summed E-state index contributed by atoms with van der Waals surface area (Å²) >= 11 is 0. The van der Waals surface area contributed by atoms with Crippen LogP contribution in [0.1, 0.15) is 39.2 Å². The SMILES string of the molecule is CC1(Cc2ccc3c(c2)OCO3)CCC(=O)N(CC(C)(C)N2CCOCC2)C1. The highest BCUT2D eigenvalue weighted by Crippen LogP contribution is 2.38. The first kappa shape index (κ1) is 19.5. The van der Waals surface area contributed by atoms with Gasteiger partial charge in [-0.2, -0.15) is 0 Å². The van der Waals surface area contributed by atoms with Crippen molar-refractivity contribution in [1.82, 2.24) is 9.80 Å². The summed E-state index contributed by atoms with van der Waals surface area (Å²) in [5.74, 6) is 1.93. The third-order valence-electron chi connectivity index (χ3n) is 6.38. The van der Waals surface area contributed by atoms with Crippen LogP contribution in [-0.4, -0.2) is 67.4 Å². The van der Waals surface area contributed by atoms with Crippen molar-refractivity contribution in [2.45, 2.75) is 45.6 Å². The third kappa shape index (κ3) is 4.13. The van der Waals surface area contributed by atoms with Crippen molar-refractivity contribution < 1.29 is 19.0 Å². The Morgan fingerprint density at radius 3 is 2.68 bits per heavy atom. The van der Waals surface area contributed by atoms with Crippen LogP contribution >= 0.6 is 0 Å². The molecular formula is C22H32N2O4. The average Bonchev–Trinajstić information content (AvgIpc) is 3.13. The van der Waals surface area contributed by atoms with Crippen molar-refractivity contribution in [3.63, 3.8) is 0 Å². The molecule has 1 atom stereocenters. The van der Waals surface area contributed by atoms with E-state index in [1.165, 1.54) is 5.56 Å². The second-order valence-electron chi connectivity index (χ2n) is 9.34. The van der Waals surface area contributed by atoms with Crippen LogP contribution in [-0.2, 0) is 16.0 Å². The van der Waals surface area contributed by atoms with Crippen LogP contribution in [0, 0.1) is 5.41 Å². The molecule has 1 amide bonds. The molecule has 6 nitrogen and oxygen atoms in total. The minimum Gasteiger partial charge on any atom is -0.454 e. The topological polar surface area (TPSA) is 51.2 Å². The summed E-state index contributed by atoms with van der Waals surface area (Å²) in [6.45, 7) is 12.1. The second-order valence-corrected chi connectivity index (χ2v) is 9.34. The Bertz CT molecular complexity index is 729. The van der Waals surface area contributed by atoms with E-state index in [9.17, 15) is 4.79 Å². The molecular weight excluding hydrogens is 356 g/mol. The molecule has 1 aromatic carbocycles. The normalized spacial score (nSPS) is 26.0. The van der Waals surface area contributed by atoms with Gasteiger partial charge < -0.3 is 19.1 Å². The molecule has 1 aromatic rings. The summed E-state index contributed by atoms with van der Waals surface area (Å²) < 4.78 is 16.4. The number of nitrogens with zero attached hydrogens (tertiary/aromatic N) is 2. The lowest BCUT2D eigenvalue weighted by Gasteiger charge is -2.47. The van der Waals surface area contributed by atoms with Gasteiger partial charge in [-0.1, -0.05) is 13.0 Å². The van der Waals surface area contributed by atoms with E-state index in [0.29, 0.717) is 13.2 Å². The van der Waals surface area contributed by atoms with Crippen LogP contribution in [0.4, 0.5) is 0 Å². The van der Waals surface area contributed by atoms with E-state index in [2.05, 4.69) is 42.7 Å². The molecule has 0 saturated carbocycles. The van der Waals surface area contributed by atoms with Gasteiger partial charge in [0, 0.05) is 38.1 Å². The van der Waals surface area contributed by atoms with Crippen LogP contribution < -0.4 is 9.47 Å². The number of amides is 1. The lowest BCUT2D eigenvalue weighted by atomic mass is 9.76. The van der Waals surface area contributed by atoms with Crippen LogP contribution in [0.2, 0.25) is 0 Å². The molecule has 3 aliphatic rings. The van der Waals surface area contributed by atoms with Gasteiger partial charge in [0.15, 0.2) is 11.5 Å². The van der Waals surface area contributed by atoms with Crippen molar-refractivity contribution in [3.05, 3.63) is 23.8 Å². The molecule has 3 heterocycles. The first-order valence-electron chi connectivity index (χ1n) is 10.3. The van der Waals surface area contributed by atoms with E-state index in [1.54, 1.807) is 0 Å². The van der Waals surface area contributed by atoms with E-state index in [-0.39, 0.29) is 16.9 Å². The molecule has 0 spiro atoms. The molecule has 28 heavy (non-hydrogen) atoms. The van der Waals surface area contributed by atoms with Crippen molar-refractivity contribution in [2.24, 2.45) is 5.41 Å². The van der Waals surface area contributed by atoms with Gasteiger partial charge in [0.2, 0.25) is 12.7 Å². The van der Waals surface area contributed by atoms with Gasteiger partial charge in [0.1, 0.15) is 0 Å². The molecule has 0 radical (unpaired) electrons. The van der Waals surface area contributed by atoms with Crippen LogP contribution in [0.3, 0.4) is 0 Å². The monoisotopic (exact) mass is 388 g/mol. The fourth-order valence-electron chi connectivity index (χ4n) is 4.76. The second kappa shape index (κ2) is 7.56. The van der Waals surface area contributed by atoms with Crippen molar-refractivity contribution in [2.75, 3.05) is 46.2 Å². The van der Waals surface area contributed by atoms with Crippen molar-refractivity contribution in [1.29, 1.82) is 0 Å². The standard InChI is InChI=1S/C22H32N2O4/c1-21(2,24-8-10-26-11-9-24)14-23-15-22(3,7-6-20(23)25)13-17-4-5-18-19(12-17)28-16-27-18/h4-5,12H,6-11,13-16H2,1-3H3. The highest BCUT2D eigenvalue weighted by atomic mass is 16.7. The van der Waals surface area contributed by atoms with Crippen molar-refractivity contribution >= 4 is 5.91 Å². The maximum atomic E-state index is 12.7. The minimum atomic E-state index is -0.0452. The first-order chi connectivity index (χ1) is 13.3. The fourth-order valence-corrected chi connectivity index (χ4v) is 4.76. The smallest absolute Gasteiger partial charge is 0.231 e. The number of carbonyl (C=O) groups excluding carboxylic acids is 1. The molecule has 0 N–H and O–H groups in total. The van der Waals surface area contributed by atoms with Crippen molar-refractivity contribution in [3.8, 4) is 11.5 Å². The van der Waals surface area contributed by atoms with E-state index in [4.69, 9.17) is 14.2 Å². The first-order valence-corrected chi connectivity index (χ1v) is 10.3. The summed E-state index contributed by atoms with van der Waals surface area (Å²) in [4.78, 5) is 17.2. The summed E-state index contributed by atoms with van der Waals surface area (Å²) in [6.07, 6.45) is 2.49. The molecule has 0 aliphatic carbocycles. The van der Waals surface area contributed by atoms with E-state index >= 15 is 0 Å². The largest absolute Gasteiger partial charge is 0.454 e. The van der Waals surface area contributed by atoms with Crippen LogP contribution in [0.25, 0.3) is 0 Å². The lowest BCUT2D eigenvalue weighted by Crippen LogP contribution is -2.58. The van der Waals surface area contributed by atoms with Crippen LogP contribution in [0.5, 0.6) is 11.5 Å². The third-order valence-corrected chi connectivity index (χ3v) is 6.38. The van der Waals surface area contributed by atoms with Gasteiger partial charge >= 0.3 is 0 Å². The average molecular weight is 389 g/mol. The Hall–Kier alpha value is -1.79. The Balaban J connectivity index is 1.43. The molecule has 1 unspecified atom stereocenters. The molecule has 0 aromatic heterocycles. The fraction of sp³-hybridized carbons (Fsp3) is 0.682. The molecule has 4 rings (SSSR count). The number of rotatable bonds is 5. The maximum absolute atomic E-state index is 12.7. The molecule has 2 saturated heterocycles. The van der Waals surface area contributed by atoms with Gasteiger partial charge in [-0.25, -0.2) is 0 Å². The highest BCUT2D eigenvalue weighted by Gasteiger charge is 2.39. The number of piperidine rings is 1. The summed E-state index contributed by atoms with van der Waals surface area (Å²) in [7, 11) is 0. The quantitative estimate of drug-likeness (QED) is 0.776. The van der Waals surface area contributed by atoms with Gasteiger partial charge in [-0.05, 0) is 49.8 Å². The number of benzene rings is 1. The number of hydrogen-bond donors (Lipinski definition) is 0. The Kier molecular flexibility index (Phi) is 5.27. The summed E-state index contributed by atoms with van der Waals surface area (Å²) in [5, 5.41) is 0. The van der Waals surface area contributed by atoms with Gasteiger partial charge in [-0.3, -0.25) is 9.69 Å². The number of carbonyl (C=O) groups is 1. The lowest BCUT2D eigenvalue weighted by molar-refractivity contribution is -0.140. The predicted molar refractivity (Wildman–Crippen MR) is 107 cm³/mol. The Labute approximate surface area is 167 Å². The van der Waals surface area contributed by atoms with Gasteiger partial charge in [-0.15, -0.1) is 0 Å². The zero-order valence-corrected chi connectivity index (χ0v) is 17.3. The maximum Gasteiger partial charge on any atom is 0.231 e.